The van der Waals surface area contributed by atoms with Gasteiger partial charge in [0.05, 0.1) is 12.8 Å². The number of likely N-dealkylation sites (N-methyl/N-ethyl adjacent to an activating group) is 1. The van der Waals surface area contributed by atoms with Crippen molar-refractivity contribution in [2.75, 3.05) is 20.2 Å². The average molecular weight is 406 g/mol. The summed E-state index contributed by atoms with van der Waals surface area (Å²) in [4.78, 5) is 17.8. The third-order valence-electron chi connectivity index (χ3n) is 4.26. The molecule has 0 fully saturated rings. The van der Waals surface area contributed by atoms with E-state index in [2.05, 4.69) is 4.98 Å². The van der Waals surface area contributed by atoms with Gasteiger partial charge in [-0.25, -0.2) is 4.39 Å². The number of aromatic nitrogens is 1. The Morgan fingerprint density at radius 1 is 1.10 bits per heavy atom. The maximum Gasteiger partial charge on any atom is 0.246 e. The number of rotatable bonds is 9. The van der Waals surface area contributed by atoms with Gasteiger partial charge in [-0.05, 0) is 54.5 Å². The second kappa shape index (κ2) is 10.8. The number of hydrogen-bond donors (Lipinski definition) is 0. The van der Waals surface area contributed by atoms with Crippen LogP contribution in [0.5, 0.6) is 17.2 Å². The summed E-state index contributed by atoms with van der Waals surface area (Å²) in [6.07, 6.45) is 6.83. The molecule has 0 aliphatic rings. The van der Waals surface area contributed by atoms with Crippen LogP contribution in [-0.4, -0.2) is 36.0 Å². The zero-order chi connectivity index (χ0) is 21.2. The van der Waals surface area contributed by atoms with Gasteiger partial charge in [0, 0.05) is 25.9 Å². The van der Waals surface area contributed by atoms with Gasteiger partial charge in [-0.2, -0.15) is 0 Å². The van der Waals surface area contributed by atoms with Gasteiger partial charge in [-0.3, -0.25) is 9.78 Å². The first-order valence-electron chi connectivity index (χ1n) is 9.60. The van der Waals surface area contributed by atoms with Crippen molar-refractivity contribution in [2.24, 2.45) is 0 Å². The van der Waals surface area contributed by atoms with Crippen molar-refractivity contribution in [2.45, 2.75) is 6.42 Å². The van der Waals surface area contributed by atoms with E-state index in [4.69, 9.17) is 9.47 Å². The van der Waals surface area contributed by atoms with Gasteiger partial charge < -0.3 is 14.4 Å². The molecule has 154 valence electrons. The standard InChI is InChI=1S/C24H23FN2O3/c1-27(15-6-16-29-20-7-3-2-4-8-20)24(28)13-11-19-10-12-23(22(25)17-19)30-21-9-5-14-26-18-21/h2-5,7-14,17-18H,6,15-16H2,1H3/b13-11+. The third kappa shape index (κ3) is 6.44. The lowest BCUT2D eigenvalue weighted by Gasteiger charge is -2.15. The molecular weight excluding hydrogens is 383 g/mol. The third-order valence-corrected chi connectivity index (χ3v) is 4.26. The number of hydrogen-bond acceptors (Lipinski definition) is 4. The van der Waals surface area contributed by atoms with Crippen molar-refractivity contribution in [3.05, 3.63) is 90.5 Å². The van der Waals surface area contributed by atoms with E-state index in [1.165, 1.54) is 24.4 Å². The van der Waals surface area contributed by atoms with Crippen molar-refractivity contribution in [1.82, 2.24) is 9.88 Å². The van der Waals surface area contributed by atoms with Gasteiger partial charge in [0.2, 0.25) is 5.91 Å². The minimum absolute atomic E-state index is 0.0991. The highest BCUT2D eigenvalue weighted by Crippen LogP contribution is 2.24. The maximum absolute atomic E-state index is 14.3. The lowest BCUT2D eigenvalue weighted by Crippen LogP contribution is -2.26. The molecule has 0 spiro atoms. The zero-order valence-corrected chi connectivity index (χ0v) is 16.7. The monoisotopic (exact) mass is 406 g/mol. The molecule has 0 bridgehead atoms. The van der Waals surface area contributed by atoms with Crippen LogP contribution in [0.4, 0.5) is 4.39 Å². The van der Waals surface area contributed by atoms with Crippen molar-refractivity contribution in [1.29, 1.82) is 0 Å². The fraction of sp³-hybridized carbons (Fsp3) is 0.167. The van der Waals surface area contributed by atoms with Crippen molar-refractivity contribution in [3.63, 3.8) is 0 Å². The van der Waals surface area contributed by atoms with Gasteiger partial charge in [0.15, 0.2) is 11.6 Å². The number of amides is 1. The molecule has 1 amide bonds. The molecule has 6 heteroatoms. The molecule has 0 saturated carbocycles. The van der Waals surface area contributed by atoms with Crippen LogP contribution in [0.25, 0.3) is 6.08 Å². The number of para-hydroxylation sites is 1. The molecule has 0 atom stereocenters. The van der Waals surface area contributed by atoms with Gasteiger partial charge >= 0.3 is 0 Å². The molecule has 0 saturated heterocycles. The van der Waals surface area contributed by atoms with Gasteiger partial charge in [0.1, 0.15) is 11.5 Å². The van der Waals surface area contributed by atoms with Crippen LogP contribution in [0.2, 0.25) is 0 Å². The normalized spacial score (nSPS) is 10.7. The second-order valence-corrected chi connectivity index (χ2v) is 6.59. The zero-order valence-electron chi connectivity index (χ0n) is 16.7. The Kier molecular flexibility index (Phi) is 7.55. The highest BCUT2D eigenvalue weighted by Gasteiger charge is 2.07. The Morgan fingerprint density at radius 2 is 1.90 bits per heavy atom. The average Bonchev–Trinajstić information content (AvgIpc) is 2.78. The predicted molar refractivity (Wildman–Crippen MR) is 114 cm³/mol. The minimum Gasteiger partial charge on any atom is -0.494 e. The number of ether oxygens (including phenoxy) is 2. The summed E-state index contributed by atoms with van der Waals surface area (Å²) in [6, 6.07) is 17.5. The van der Waals surface area contributed by atoms with E-state index in [0.717, 1.165) is 5.75 Å². The molecule has 1 heterocycles. The summed E-state index contributed by atoms with van der Waals surface area (Å²) in [5, 5.41) is 0. The summed E-state index contributed by atoms with van der Waals surface area (Å²) >= 11 is 0. The van der Waals surface area contributed by atoms with E-state index in [1.807, 2.05) is 30.3 Å². The largest absolute Gasteiger partial charge is 0.494 e. The molecule has 1 aromatic heterocycles. The lowest BCUT2D eigenvalue weighted by molar-refractivity contribution is -0.124. The summed E-state index contributed by atoms with van der Waals surface area (Å²) in [5.74, 6) is 0.685. The molecule has 2 aromatic carbocycles. The molecule has 5 nitrogen and oxygen atoms in total. The number of carbonyl (C=O) groups is 1. The number of halogens is 1. The first-order chi connectivity index (χ1) is 14.6. The highest BCUT2D eigenvalue weighted by atomic mass is 19.1. The quantitative estimate of drug-likeness (QED) is 0.373. The molecule has 0 N–H and O–H groups in total. The Morgan fingerprint density at radius 3 is 2.63 bits per heavy atom. The molecule has 30 heavy (non-hydrogen) atoms. The molecular formula is C24H23FN2O3. The van der Waals surface area contributed by atoms with E-state index in [1.54, 1.807) is 42.4 Å². The van der Waals surface area contributed by atoms with Crippen LogP contribution in [0.3, 0.4) is 0 Å². The van der Waals surface area contributed by atoms with Crippen LogP contribution in [0.1, 0.15) is 12.0 Å². The molecule has 0 aliphatic heterocycles. The van der Waals surface area contributed by atoms with E-state index in [9.17, 15) is 9.18 Å². The lowest BCUT2D eigenvalue weighted by atomic mass is 10.2. The first kappa shape index (κ1) is 21.0. The first-order valence-corrected chi connectivity index (χ1v) is 9.60. The van der Waals surface area contributed by atoms with Crippen molar-refractivity contribution >= 4 is 12.0 Å². The fourth-order valence-electron chi connectivity index (χ4n) is 2.65. The molecule has 0 radical (unpaired) electrons. The van der Waals surface area contributed by atoms with Crippen molar-refractivity contribution in [3.8, 4) is 17.2 Å². The Balaban J connectivity index is 1.47. The van der Waals surface area contributed by atoms with Crippen LogP contribution < -0.4 is 9.47 Å². The van der Waals surface area contributed by atoms with E-state index in [0.29, 0.717) is 30.9 Å². The van der Waals surface area contributed by atoms with Crippen molar-refractivity contribution < 1.29 is 18.7 Å². The van der Waals surface area contributed by atoms with Gasteiger partial charge in [0.25, 0.3) is 0 Å². The SMILES string of the molecule is CN(CCCOc1ccccc1)C(=O)/C=C/c1ccc(Oc2cccnc2)c(F)c1. The fourth-order valence-corrected chi connectivity index (χ4v) is 2.65. The smallest absolute Gasteiger partial charge is 0.246 e. The van der Waals surface area contributed by atoms with Gasteiger partial charge in [-0.15, -0.1) is 0 Å². The summed E-state index contributed by atoms with van der Waals surface area (Å²) in [7, 11) is 1.72. The second-order valence-electron chi connectivity index (χ2n) is 6.59. The van der Waals surface area contributed by atoms with E-state index in [-0.39, 0.29) is 11.7 Å². The van der Waals surface area contributed by atoms with Crippen LogP contribution >= 0.6 is 0 Å². The molecule has 3 rings (SSSR count). The van der Waals surface area contributed by atoms with Crippen LogP contribution in [0, 0.1) is 5.82 Å². The molecule has 0 unspecified atom stereocenters. The topological polar surface area (TPSA) is 51.7 Å². The molecule has 3 aromatic rings. The summed E-state index contributed by atoms with van der Waals surface area (Å²) in [5.41, 5.74) is 0.570. The predicted octanol–water partition coefficient (Wildman–Crippen LogP) is 4.95. The van der Waals surface area contributed by atoms with Gasteiger partial charge in [-0.1, -0.05) is 24.3 Å². The summed E-state index contributed by atoms with van der Waals surface area (Å²) in [6.45, 7) is 1.08. The maximum atomic E-state index is 14.3. The summed E-state index contributed by atoms with van der Waals surface area (Å²) < 4.78 is 25.4. The Bertz CT molecular complexity index is 978. The number of nitrogens with zero attached hydrogens (tertiary/aromatic N) is 2. The Hall–Kier alpha value is -3.67. The number of pyridine rings is 1. The molecule has 0 aliphatic carbocycles. The van der Waals surface area contributed by atoms with Crippen LogP contribution in [0.15, 0.2) is 79.1 Å². The highest BCUT2D eigenvalue weighted by molar-refractivity contribution is 5.91. The van der Waals surface area contributed by atoms with E-state index >= 15 is 0 Å². The van der Waals surface area contributed by atoms with Crippen LogP contribution in [-0.2, 0) is 4.79 Å². The van der Waals surface area contributed by atoms with E-state index < -0.39 is 5.82 Å². The number of carbonyl (C=O) groups excluding carboxylic acids is 1. The number of benzene rings is 2. The Labute approximate surface area is 175 Å². The minimum atomic E-state index is -0.514.